The number of carbonyl (C=O) groups excluding carboxylic acids is 1. The van der Waals surface area contributed by atoms with Gasteiger partial charge in [0.15, 0.2) is 17.4 Å². The van der Waals surface area contributed by atoms with Gasteiger partial charge in [0, 0.05) is 18.1 Å². The van der Waals surface area contributed by atoms with Crippen LogP contribution in [0.1, 0.15) is 51.4 Å². The zero-order valence-corrected chi connectivity index (χ0v) is 23.7. The molecule has 0 atom stereocenters. The lowest BCUT2D eigenvalue weighted by Crippen LogP contribution is -2.27. The first-order chi connectivity index (χ1) is 21.2. The predicted molar refractivity (Wildman–Crippen MR) is 156 cm³/mol. The van der Waals surface area contributed by atoms with Crippen molar-refractivity contribution in [3.05, 3.63) is 93.8 Å². The smallest absolute Gasteiger partial charge is 0.272 e. The molecule has 44 heavy (non-hydrogen) atoms. The van der Waals surface area contributed by atoms with Crippen molar-refractivity contribution in [3.63, 3.8) is 0 Å². The molecular formula is C32H29F4N5O3. The lowest BCUT2D eigenvalue weighted by Gasteiger charge is -2.26. The fraction of sp³-hybridized carbons (Fsp3) is 0.281. The molecule has 0 bridgehead atoms. The maximum absolute atomic E-state index is 14.0. The van der Waals surface area contributed by atoms with E-state index < -0.39 is 30.4 Å². The van der Waals surface area contributed by atoms with Crippen LogP contribution in [-0.4, -0.2) is 46.7 Å². The van der Waals surface area contributed by atoms with Crippen LogP contribution >= 0.6 is 0 Å². The summed E-state index contributed by atoms with van der Waals surface area (Å²) in [5, 5.41) is 7.62. The van der Waals surface area contributed by atoms with Crippen LogP contribution in [0.2, 0.25) is 0 Å². The second-order valence-electron chi connectivity index (χ2n) is 10.8. The lowest BCUT2D eigenvalue weighted by atomic mass is 9.87. The zero-order chi connectivity index (χ0) is 31.0. The van der Waals surface area contributed by atoms with E-state index in [1.54, 1.807) is 19.1 Å². The first kappa shape index (κ1) is 29.4. The average molecular weight is 608 g/mol. The Morgan fingerprint density at radius 1 is 1.14 bits per heavy atom. The molecule has 1 aliphatic heterocycles. The van der Waals surface area contributed by atoms with Crippen LogP contribution in [0.15, 0.2) is 54.4 Å². The Balaban J connectivity index is 1.24. The topological polar surface area (TPSA) is 104 Å². The number of halogens is 4. The minimum Gasteiger partial charge on any atom is -0.487 e. The van der Waals surface area contributed by atoms with Gasteiger partial charge in [-0.3, -0.25) is 4.79 Å². The van der Waals surface area contributed by atoms with Crippen LogP contribution in [0, 0.1) is 18.6 Å². The van der Waals surface area contributed by atoms with Gasteiger partial charge >= 0.3 is 0 Å². The number of piperidine rings is 1. The summed E-state index contributed by atoms with van der Waals surface area (Å²) in [6.07, 6.45) is 3.96. The standard InChI is InChI=1S/C32H29F4N5O3/c1-17-9-29(44-31-24(33)3-2-4-25(31)34)39-15-26(17)41-32(37)23(14-40-41)30(42)21-10-19-12-22(18-5-7-38-8-6-18)27(13-20(19)11-21)43-16-28(35)36/h2-4,9,11-15,18,28,38H,5-8,10,16,37H2,1H3. The van der Waals surface area contributed by atoms with Gasteiger partial charge in [-0.1, -0.05) is 12.1 Å². The SMILES string of the molecule is Cc1cc(Oc2c(F)cccc2F)ncc1-n1ncc(C(=O)C2=Cc3cc(OCC(F)F)c(C4CCNCC4)cc3C2)c1N. The van der Waals surface area contributed by atoms with Crippen molar-refractivity contribution in [2.75, 3.05) is 25.4 Å². The Labute approximate surface area is 250 Å². The Morgan fingerprint density at radius 2 is 1.89 bits per heavy atom. The Bertz CT molecular complexity index is 1740. The molecule has 1 saturated heterocycles. The van der Waals surface area contributed by atoms with Crippen molar-refractivity contribution < 1.29 is 31.8 Å². The number of benzene rings is 2. The highest BCUT2D eigenvalue weighted by molar-refractivity contribution is 6.15. The van der Waals surface area contributed by atoms with Gasteiger partial charge in [0.05, 0.1) is 23.6 Å². The number of aryl methyl sites for hydroxylation is 1. The predicted octanol–water partition coefficient (Wildman–Crippen LogP) is 6.16. The van der Waals surface area contributed by atoms with E-state index in [2.05, 4.69) is 15.4 Å². The minimum absolute atomic E-state index is 0.0353. The third kappa shape index (κ3) is 5.77. The van der Waals surface area contributed by atoms with E-state index in [1.807, 2.05) is 6.07 Å². The number of nitrogens with zero attached hydrogens (tertiary/aromatic N) is 3. The largest absolute Gasteiger partial charge is 0.487 e. The summed E-state index contributed by atoms with van der Waals surface area (Å²) in [5.41, 5.74) is 10.6. The summed E-state index contributed by atoms with van der Waals surface area (Å²) < 4.78 is 66.3. The summed E-state index contributed by atoms with van der Waals surface area (Å²) in [4.78, 5) is 17.8. The van der Waals surface area contributed by atoms with Crippen molar-refractivity contribution in [1.29, 1.82) is 0 Å². The van der Waals surface area contributed by atoms with Gasteiger partial charge in [-0.2, -0.15) is 5.10 Å². The maximum Gasteiger partial charge on any atom is 0.272 e. The summed E-state index contributed by atoms with van der Waals surface area (Å²) >= 11 is 0. The average Bonchev–Trinajstić information content (AvgIpc) is 3.60. The van der Waals surface area contributed by atoms with Gasteiger partial charge in [-0.15, -0.1) is 0 Å². The first-order valence-electron chi connectivity index (χ1n) is 14.2. The number of carbonyl (C=O) groups is 1. The fourth-order valence-electron chi connectivity index (χ4n) is 5.65. The van der Waals surface area contributed by atoms with E-state index >= 15 is 0 Å². The Hall–Kier alpha value is -4.71. The van der Waals surface area contributed by atoms with E-state index in [0.29, 0.717) is 29.0 Å². The molecule has 0 radical (unpaired) electrons. The van der Waals surface area contributed by atoms with Gasteiger partial charge in [0.2, 0.25) is 11.6 Å². The highest BCUT2D eigenvalue weighted by Crippen LogP contribution is 2.39. The van der Waals surface area contributed by atoms with Gasteiger partial charge in [-0.05, 0) is 85.3 Å². The number of ketones is 1. The maximum atomic E-state index is 14.0. The van der Waals surface area contributed by atoms with Crippen LogP contribution in [0.25, 0.3) is 11.8 Å². The summed E-state index contributed by atoms with van der Waals surface area (Å²) in [6.45, 7) is 2.67. The molecule has 0 amide bonds. The van der Waals surface area contributed by atoms with Crippen molar-refractivity contribution in [2.24, 2.45) is 0 Å². The normalized spacial score (nSPS) is 14.9. The highest BCUT2D eigenvalue weighted by atomic mass is 19.3. The number of pyridine rings is 1. The molecule has 12 heteroatoms. The molecule has 6 rings (SSSR count). The van der Waals surface area contributed by atoms with Crippen molar-refractivity contribution in [1.82, 2.24) is 20.1 Å². The summed E-state index contributed by atoms with van der Waals surface area (Å²) in [6, 6.07) is 8.58. The van der Waals surface area contributed by atoms with E-state index in [4.69, 9.17) is 15.2 Å². The van der Waals surface area contributed by atoms with Crippen LogP contribution in [0.3, 0.4) is 0 Å². The number of allylic oxidation sites excluding steroid dienone is 1. The van der Waals surface area contributed by atoms with Gasteiger partial charge in [0.25, 0.3) is 6.43 Å². The number of alkyl halides is 2. The molecule has 0 spiro atoms. The Kier molecular flexibility index (Phi) is 8.09. The molecule has 3 N–H and O–H groups in total. The van der Waals surface area contributed by atoms with Crippen molar-refractivity contribution in [2.45, 2.75) is 38.5 Å². The number of hydrogen-bond donors (Lipinski definition) is 2. The van der Waals surface area contributed by atoms with Gasteiger partial charge in [0.1, 0.15) is 18.2 Å². The number of fused-ring (bicyclic) bond motifs is 1. The molecule has 1 aliphatic carbocycles. The van der Waals surface area contributed by atoms with E-state index in [1.165, 1.54) is 29.2 Å². The number of ether oxygens (including phenoxy) is 2. The second kappa shape index (κ2) is 12.1. The lowest BCUT2D eigenvalue weighted by molar-refractivity contribution is 0.0811. The molecule has 2 aromatic carbocycles. The van der Waals surface area contributed by atoms with Crippen LogP contribution < -0.4 is 20.5 Å². The number of nitrogens with two attached hydrogens (primary N) is 1. The van der Waals surface area contributed by atoms with E-state index in [0.717, 1.165) is 54.8 Å². The monoisotopic (exact) mass is 607 g/mol. The molecule has 2 aromatic heterocycles. The third-order valence-corrected chi connectivity index (χ3v) is 7.88. The first-order valence-corrected chi connectivity index (χ1v) is 14.2. The second-order valence-corrected chi connectivity index (χ2v) is 10.8. The molecule has 3 heterocycles. The van der Waals surface area contributed by atoms with Crippen LogP contribution in [0.4, 0.5) is 23.4 Å². The number of rotatable bonds is 9. The molecule has 228 valence electrons. The number of hydrogen-bond acceptors (Lipinski definition) is 7. The van der Waals surface area contributed by atoms with Crippen molar-refractivity contribution >= 4 is 17.7 Å². The Morgan fingerprint density at radius 3 is 2.59 bits per heavy atom. The molecule has 0 unspecified atom stereocenters. The number of nitrogen functional groups attached to an aromatic ring is 1. The molecule has 2 aliphatic rings. The molecular weight excluding hydrogens is 578 g/mol. The fourth-order valence-corrected chi connectivity index (χ4v) is 5.65. The number of para-hydroxylation sites is 1. The molecule has 8 nitrogen and oxygen atoms in total. The van der Waals surface area contributed by atoms with E-state index in [-0.39, 0.29) is 29.0 Å². The minimum atomic E-state index is -2.60. The van der Waals surface area contributed by atoms with Crippen LogP contribution in [-0.2, 0) is 6.42 Å². The summed E-state index contributed by atoms with van der Waals surface area (Å²) in [7, 11) is 0. The van der Waals surface area contributed by atoms with Crippen molar-refractivity contribution in [3.8, 4) is 23.1 Å². The molecule has 4 aromatic rings. The third-order valence-electron chi connectivity index (χ3n) is 7.88. The number of Topliss-reactive ketones (excluding diaryl/α,β-unsaturated/α-hetero) is 1. The molecule has 1 fully saturated rings. The molecule has 0 saturated carbocycles. The quantitative estimate of drug-likeness (QED) is 0.173. The summed E-state index contributed by atoms with van der Waals surface area (Å²) in [5.74, 6) is -1.98. The number of aromatic nitrogens is 3. The van der Waals surface area contributed by atoms with Gasteiger partial charge < -0.3 is 20.5 Å². The van der Waals surface area contributed by atoms with E-state index in [9.17, 15) is 22.4 Å². The number of anilines is 1. The van der Waals surface area contributed by atoms with Crippen LogP contribution in [0.5, 0.6) is 17.4 Å². The van der Waals surface area contributed by atoms with Gasteiger partial charge in [-0.25, -0.2) is 27.2 Å². The number of nitrogens with one attached hydrogen (secondary N) is 1. The highest BCUT2D eigenvalue weighted by Gasteiger charge is 2.28. The zero-order valence-electron chi connectivity index (χ0n) is 23.7.